The summed E-state index contributed by atoms with van der Waals surface area (Å²) >= 11 is 5.13. The van der Waals surface area contributed by atoms with E-state index >= 15 is 0 Å². The van der Waals surface area contributed by atoms with Crippen molar-refractivity contribution in [1.29, 1.82) is 0 Å². The summed E-state index contributed by atoms with van der Waals surface area (Å²) in [7, 11) is 1.81. The van der Waals surface area contributed by atoms with Crippen LogP contribution in [0.1, 0.15) is 13.8 Å². The highest BCUT2D eigenvalue weighted by atomic mass is 79.9. The first-order valence-electron chi connectivity index (χ1n) is 4.00. The Morgan fingerprint density at radius 2 is 2.23 bits per heavy atom. The third-order valence-electron chi connectivity index (χ3n) is 1.28. The van der Waals surface area contributed by atoms with E-state index in [0.717, 1.165) is 9.50 Å². The van der Waals surface area contributed by atoms with Crippen LogP contribution in [0.4, 0.5) is 5.95 Å². The molecule has 0 bridgehead atoms. The number of nitrogens with zero attached hydrogens (tertiary/aromatic N) is 2. The molecule has 1 heterocycles. The zero-order valence-corrected chi connectivity index (χ0v) is 10.2. The summed E-state index contributed by atoms with van der Waals surface area (Å²) in [6, 6.07) is 0. The summed E-state index contributed by atoms with van der Waals surface area (Å²) in [4.78, 5) is 8.41. The second-order valence-electron chi connectivity index (χ2n) is 2.76. The van der Waals surface area contributed by atoms with E-state index < -0.39 is 0 Å². The molecule has 1 rings (SSSR count). The van der Waals surface area contributed by atoms with Crippen molar-refractivity contribution < 1.29 is 0 Å². The van der Waals surface area contributed by atoms with E-state index in [1.807, 2.05) is 7.05 Å². The lowest BCUT2D eigenvalue weighted by atomic mass is 10.6. The third kappa shape index (κ3) is 3.15. The van der Waals surface area contributed by atoms with Gasteiger partial charge in [0.25, 0.3) is 0 Å². The summed E-state index contributed by atoms with van der Waals surface area (Å²) in [6.45, 7) is 4.27. The average molecular weight is 262 g/mol. The number of anilines is 1. The topological polar surface area (TPSA) is 37.8 Å². The summed E-state index contributed by atoms with van der Waals surface area (Å²) < 4.78 is 0.949. The molecule has 0 radical (unpaired) electrons. The first-order valence-corrected chi connectivity index (χ1v) is 5.67. The minimum atomic E-state index is 0.524. The molecule has 0 aliphatic heterocycles. The molecular weight excluding hydrogens is 250 g/mol. The van der Waals surface area contributed by atoms with Crippen LogP contribution in [0.15, 0.2) is 15.7 Å². The number of thioether (sulfide) groups is 1. The molecule has 0 atom stereocenters. The van der Waals surface area contributed by atoms with Gasteiger partial charge in [-0.3, -0.25) is 0 Å². The molecule has 0 unspecified atom stereocenters. The molecule has 72 valence electrons. The maximum atomic E-state index is 4.32. The summed E-state index contributed by atoms with van der Waals surface area (Å²) in [5.74, 6) is 0.659. The lowest BCUT2D eigenvalue weighted by Crippen LogP contribution is -1.98. The maximum absolute atomic E-state index is 4.32. The monoisotopic (exact) mass is 261 g/mol. The predicted molar refractivity (Wildman–Crippen MR) is 60.3 cm³/mol. The van der Waals surface area contributed by atoms with Crippen LogP contribution in [0.3, 0.4) is 0 Å². The van der Waals surface area contributed by atoms with Crippen LogP contribution < -0.4 is 5.32 Å². The number of hydrogen-bond acceptors (Lipinski definition) is 4. The van der Waals surface area contributed by atoms with Crippen LogP contribution in [0.5, 0.6) is 0 Å². The maximum Gasteiger partial charge on any atom is 0.223 e. The molecule has 0 saturated heterocycles. The first kappa shape index (κ1) is 10.8. The molecular formula is C8H12BrN3S. The van der Waals surface area contributed by atoms with Gasteiger partial charge in [-0.05, 0) is 15.9 Å². The van der Waals surface area contributed by atoms with E-state index in [1.54, 1.807) is 18.0 Å². The number of rotatable bonds is 3. The van der Waals surface area contributed by atoms with Crippen LogP contribution in [0, 0.1) is 0 Å². The van der Waals surface area contributed by atoms with Gasteiger partial charge in [0.1, 0.15) is 5.03 Å². The van der Waals surface area contributed by atoms with Gasteiger partial charge in [0.2, 0.25) is 5.95 Å². The Hall–Kier alpha value is -0.290. The van der Waals surface area contributed by atoms with Gasteiger partial charge >= 0.3 is 0 Å². The van der Waals surface area contributed by atoms with Crippen molar-refractivity contribution in [1.82, 2.24) is 9.97 Å². The molecule has 5 heteroatoms. The predicted octanol–water partition coefficient (Wildman–Crippen LogP) is 2.78. The van der Waals surface area contributed by atoms with Gasteiger partial charge in [-0.25, -0.2) is 9.97 Å². The van der Waals surface area contributed by atoms with Crippen LogP contribution in [0.2, 0.25) is 0 Å². The van der Waals surface area contributed by atoms with E-state index in [9.17, 15) is 0 Å². The SMILES string of the molecule is CNc1ncc(Br)c(SC(C)C)n1. The minimum absolute atomic E-state index is 0.524. The quantitative estimate of drug-likeness (QED) is 0.671. The second kappa shape index (κ2) is 4.81. The summed E-state index contributed by atoms with van der Waals surface area (Å²) in [6.07, 6.45) is 1.77. The van der Waals surface area contributed by atoms with Gasteiger partial charge < -0.3 is 5.32 Å². The Morgan fingerprint density at radius 3 is 2.77 bits per heavy atom. The van der Waals surface area contributed by atoms with E-state index in [2.05, 4.69) is 45.1 Å². The first-order chi connectivity index (χ1) is 6.13. The zero-order chi connectivity index (χ0) is 9.84. The highest BCUT2D eigenvalue weighted by molar-refractivity contribution is 9.10. The molecule has 1 N–H and O–H groups in total. The van der Waals surface area contributed by atoms with Crippen molar-refractivity contribution in [2.45, 2.75) is 24.1 Å². The molecule has 0 aliphatic rings. The molecule has 0 spiro atoms. The number of halogens is 1. The fourth-order valence-corrected chi connectivity index (χ4v) is 2.00. The largest absolute Gasteiger partial charge is 0.357 e. The molecule has 0 amide bonds. The van der Waals surface area contributed by atoms with Crippen molar-refractivity contribution in [3.05, 3.63) is 10.7 Å². The number of nitrogens with one attached hydrogen (secondary N) is 1. The Labute approximate surface area is 90.9 Å². The van der Waals surface area contributed by atoms with E-state index in [0.29, 0.717) is 11.2 Å². The van der Waals surface area contributed by atoms with E-state index in [1.165, 1.54) is 0 Å². The van der Waals surface area contributed by atoms with Gasteiger partial charge in [-0.15, -0.1) is 11.8 Å². The van der Waals surface area contributed by atoms with Crippen molar-refractivity contribution in [2.75, 3.05) is 12.4 Å². The molecule has 3 nitrogen and oxygen atoms in total. The smallest absolute Gasteiger partial charge is 0.223 e. The van der Waals surface area contributed by atoms with E-state index in [-0.39, 0.29) is 0 Å². The molecule has 0 aliphatic carbocycles. The molecule has 13 heavy (non-hydrogen) atoms. The number of aromatic nitrogens is 2. The Morgan fingerprint density at radius 1 is 1.54 bits per heavy atom. The van der Waals surface area contributed by atoms with Gasteiger partial charge in [-0.1, -0.05) is 13.8 Å². The second-order valence-corrected chi connectivity index (χ2v) is 5.18. The Kier molecular flexibility index (Phi) is 3.99. The summed E-state index contributed by atoms with van der Waals surface area (Å²) in [5, 5.41) is 4.42. The molecule has 1 aromatic rings. The molecule has 1 aromatic heterocycles. The Bertz CT molecular complexity index is 291. The van der Waals surface area contributed by atoms with Gasteiger partial charge in [-0.2, -0.15) is 0 Å². The minimum Gasteiger partial charge on any atom is -0.357 e. The van der Waals surface area contributed by atoms with Crippen molar-refractivity contribution in [3.63, 3.8) is 0 Å². The molecule has 0 aromatic carbocycles. The average Bonchev–Trinajstić information content (AvgIpc) is 2.08. The fraction of sp³-hybridized carbons (Fsp3) is 0.500. The van der Waals surface area contributed by atoms with Crippen molar-refractivity contribution in [3.8, 4) is 0 Å². The lowest BCUT2D eigenvalue weighted by Gasteiger charge is -2.07. The van der Waals surface area contributed by atoms with Crippen molar-refractivity contribution >= 4 is 33.6 Å². The molecule has 0 fully saturated rings. The van der Waals surface area contributed by atoms with Gasteiger partial charge in [0, 0.05) is 18.5 Å². The van der Waals surface area contributed by atoms with Crippen LogP contribution in [-0.2, 0) is 0 Å². The van der Waals surface area contributed by atoms with Gasteiger partial charge in [0.15, 0.2) is 0 Å². The highest BCUT2D eigenvalue weighted by Gasteiger charge is 2.06. The van der Waals surface area contributed by atoms with Crippen LogP contribution >= 0.6 is 27.7 Å². The zero-order valence-electron chi connectivity index (χ0n) is 7.84. The highest BCUT2D eigenvalue weighted by Crippen LogP contribution is 2.28. The molecule has 0 saturated carbocycles. The van der Waals surface area contributed by atoms with Crippen LogP contribution in [0.25, 0.3) is 0 Å². The third-order valence-corrected chi connectivity index (χ3v) is 3.13. The van der Waals surface area contributed by atoms with Crippen LogP contribution in [-0.4, -0.2) is 22.3 Å². The number of hydrogen-bond donors (Lipinski definition) is 1. The summed E-state index contributed by atoms with van der Waals surface area (Å²) in [5.41, 5.74) is 0. The lowest BCUT2D eigenvalue weighted by molar-refractivity contribution is 1.01. The Balaban J connectivity index is 2.90. The fourth-order valence-electron chi connectivity index (χ4n) is 0.778. The normalized spacial score (nSPS) is 10.5. The van der Waals surface area contributed by atoms with Crippen molar-refractivity contribution in [2.24, 2.45) is 0 Å². The standard InChI is InChI=1S/C8H12BrN3S/c1-5(2)13-7-6(9)4-11-8(10-3)12-7/h4-5H,1-3H3,(H,10,11,12). The van der Waals surface area contributed by atoms with Gasteiger partial charge in [0.05, 0.1) is 4.47 Å². The van der Waals surface area contributed by atoms with E-state index in [4.69, 9.17) is 0 Å².